The molecule has 0 aromatic carbocycles. The highest BCUT2D eigenvalue weighted by atomic mass is 19.4. The topological polar surface area (TPSA) is 24.9 Å². The lowest BCUT2D eigenvalue weighted by Crippen LogP contribution is -2.23. The molecule has 2 rings (SSSR count). The molecule has 1 aliphatic rings. The molecule has 1 N–H and O–H groups in total. The maximum Gasteiger partial charge on any atom is 0.417 e. The predicted molar refractivity (Wildman–Crippen MR) is 67.6 cm³/mol. The lowest BCUT2D eigenvalue weighted by Gasteiger charge is -2.18. The molecule has 0 radical (unpaired) electrons. The van der Waals surface area contributed by atoms with Gasteiger partial charge in [-0.2, -0.15) is 13.2 Å². The van der Waals surface area contributed by atoms with Crippen molar-refractivity contribution in [3.05, 3.63) is 29.6 Å². The minimum Gasteiger partial charge on any atom is -0.309 e. The quantitative estimate of drug-likeness (QED) is 0.848. The molecule has 1 aromatic rings. The van der Waals surface area contributed by atoms with Crippen molar-refractivity contribution < 1.29 is 13.2 Å². The van der Waals surface area contributed by atoms with Gasteiger partial charge in [0.15, 0.2) is 0 Å². The van der Waals surface area contributed by atoms with Crippen molar-refractivity contribution in [2.45, 2.75) is 44.8 Å². The van der Waals surface area contributed by atoms with E-state index < -0.39 is 11.7 Å². The molecular weight excluding hydrogens is 253 g/mol. The number of rotatable bonds is 6. The molecule has 1 aliphatic carbocycles. The molecule has 1 heterocycles. The van der Waals surface area contributed by atoms with Gasteiger partial charge in [0, 0.05) is 12.2 Å². The van der Waals surface area contributed by atoms with Gasteiger partial charge in [0.1, 0.15) is 0 Å². The molecule has 0 saturated heterocycles. The van der Waals surface area contributed by atoms with Crippen molar-refractivity contribution in [3.63, 3.8) is 0 Å². The average molecular weight is 272 g/mol. The van der Waals surface area contributed by atoms with Crippen molar-refractivity contribution >= 4 is 0 Å². The van der Waals surface area contributed by atoms with E-state index in [4.69, 9.17) is 0 Å². The van der Waals surface area contributed by atoms with Gasteiger partial charge in [0.25, 0.3) is 0 Å². The third kappa shape index (κ3) is 4.20. The molecule has 19 heavy (non-hydrogen) atoms. The maximum absolute atomic E-state index is 12.5. The normalized spacial score (nSPS) is 17.5. The second-order valence-corrected chi connectivity index (χ2v) is 5.16. The number of aromatic nitrogens is 1. The van der Waals surface area contributed by atoms with Gasteiger partial charge < -0.3 is 5.32 Å². The van der Waals surface area contributed by atoms with E-state index in [1.807, 2.05) is 0 Å². The Hall–Kier alpha value is -1.10. The molecule has 1 fully saturated rings. The number of hydrogen-bond acceptors (Lipinski definition) is 2. The van der Waals surface area contributed by atoms with Crippen LogP contribution in [0.3, 0.4) is 0 Å². The first-order valence-electron chi connectivity index (χ1n) is 6.77. The van der Waals surface area contributed by atoms with E-state index in [9.17, 15) is 13.2 Å². The zero-order chi connectivity index (χ0) is 13.9. The van der Waals surface area contributed by atoms with Crippen molar-refractivity contribution in [1.82, 2.24) is 10.3 Å². The van der Waals surface area contributed by atoms with E-state index in [1.165, 1.54) is 18.9 Å². The molecule has 0 spiro atoms. The minimum absolute atomic E-state index is 0.0785. The summed E-state index contributed by atoms with van der Waals surface area (Å²) in [7, 11) is 0. The van der Waals surface area contributed by atoms with Crippen LogP contribution in [0.25, 0.3) is 0 Å². The van der Waals surface area contributed by atoms with E-state index in [1.54, 1.807) is 0 Å². The van der Waals surface area contributed by atoms with Crippen LogP contribution >= 0.6 is 0 Å². The number of halogens is 3. The number of nitrogens with one attached hydrogen (secondary N) is 1. The van der Waals surface area contributed by atoms with Crippen LogP contribution in [0.2, 0.25) is 0 Å². The van der Waals surface area contributed by atoms with Crippen LogP contribution < -0.4 is 5.32 Å². The standard InChI is InChI=1S/C14H19F3N2/c1-2-7-18-13(8-10-3-4-10)12-6-5-11(9-19-12)14(15,16)17/h5-6,9-10,13,18H,2-4,7-8H2,1H3. The Labute approximate surface area is 111 Å². The smallest absolute Gasteiger partial charge is 0.309 e. The monoisotopic (exact) mass is 272 g/mol. The van der Waals surface area contributed by atoms with Crippen LogP contribution in [-0.4, -0.2) is 11.5 Å². The molecule has 0 bridgehead atoms. The molecule has 1 aromatic heterocycles. The average Bonchev–Trinajstić information content (AvgIpc) is 3.17. The zero-order valence-electron chi connectivity index (χ0n) is 11.0. The van der Waals surface area contributed by atoms with Gasteiger partial charge in [-0.3, -0.25) is 4.98 Å². The van der Waals surface area contributed by atoms with Crippen LogP contribution in [0.4, 0.5) is 13.2 Å². The molecule has 1 saturated carbocycles. The third-order valence-corrected chi connectivity index (χ3v) is 3.38. The van der Waals surface area contributed by atoms with Crippen LogP contribution in [0.5, 0.6) is 0 Å². The summed E-state index contributed by atoms with van der Waals surface area (Å²) >= 11 is 0. The van der Waals surface area contributed by atoms with Gasteiger partial charge in [-0.25, -0.2) is 0 Å². The number of pyridine rings is 1. The highest BCUT2D eigenvalue weighted by Gasteiger charge is 2.31. The predicted octanol–water partition coefficient (Wildman–Crippen LogP) is 3.94. The Balaban J connectivity index is 2.07. The Bertz CT molecular complexity index is 396. The second kappa shape index (κ2) is 5.90. The second-order valence-electron chi connectivity index (χ2n) is 5.16. The SMILES string of the molecule is CCCNC(CC1CC1)c1ccc(C(F)(F)F)cn1. The molecule has 0 aliphatic heterocycles. The Morgan fingerprint density at radius 1 is 1.37 bits per heavy atom. The van der Waals surface area contributed by atoms with Crippen LogP contribution in [-0.2, 0) is 6.18 Å². The van der Waals surface area contributed by atoms with Crippen molar-refractivity contribution in [3.8, 4) is 0 Å². The minimum atomic E-state index is -4.31. The summed E-state index contributed by atoms with van der Waals surface area (Å²) in [5.41, 5.74) is 0.0327. The summed E-state index contributed by atoms with van der Waals surface area (Å²) in [5.74, 6) is 0.707. The maximum atomic E-state index is 12.5. The van der Waals surface area contributed by atoms with Crippen LogP contribution in [0, 0.1) is 5.92 Å². The first-order valence-corrected chi connectivity index (χ1v) is 6.77. The number of hydrogen-bond donors (Lipinski definition) is 1. The van der Waals surface area contributed by atoms with Gasteiger partial charge in [0.05, 0.1) is 11.3 Å². The van der Waals surface area contributed by atoms with Gasteiger partial charge in [-0.05, 0) is 37.4 Å². The highest BCUT2D eigenvalue weighted by molar-refractivity contribution is 5.19. The van der Waals surface area contributed by atoms with Gasteiger partial charge >= 0.3 is 6.18 Å². The molecule has 106 valence electrons. The van der Waals surface area contributed by atoms with E-state index in [0.29, 0.717) is 11.6 Å². The fraction of sp³-hybridized carbons (Fsp3) is 0.643. The zero-order valence-corrected chi connectivity index (χ0v) is 11.0. The molecule has 1 atom stereocenters. The summed E-state index contributed by atoms with van der Waals surface area (Å²) in [6.07, 6.45) is 1.05. The highest BCUT2D eigenvalue weighted by Crippen LogP contribution is 2.37. The lowest BCUT2D eigenvalue weighted by atomic mass is 10.1. The molecule has 5 heteroatoms. The molecule has 1 unspecified atom stereocenters. The van der Waals surface area contributed by atoms with E-state index in [-0.39, 0.29) is 6.04 Å². The van der Waals surface area contributed by atoms with Crippen LogP contribution in [0.1, 0.15) is 49.9 Å². The first kappa shape index (κ1) is 14.3. The number of nitrogens with zero attached hydrogens (tertiary/aromatic N) is 1. The Kier molecular flexibility index (Phi) is 4.45. The Morgan fingerprint density at radius 3 is 2.58 bits per heavy atom. The largest absolute Gasteiger partial charge is 0.417 e. The third-order valence-electron chi connectivity index (χ3n) is 3.38. The molecule has 2 nitrogen and oxygen atoms in total. The first-order chi connectivity index (χ1) is 9.00. The van der Waals surface area contributed by atoms with Crippen molar-refractivity contribution in [2.24, 2.45) is 5.92 Å². The summed E-state index contributed by atoms with van der Waals surface area (Å²) in [5, 5.41) is 3.37. The fourth-order valence-electron chi connectivity index (χ4n) is 2.09. The molecular formula is C14H19F3N2. The fourth-order valence-corrected chi connectivity index (χ4v) is 2.09. The lowest BCUT2D eigenvalue weighted by molar-refractivity contribution is -0.137. The van der Waals surface area contributed by atoms with Gasteiger partial charge in [0.2, 0.25) is 0 Å². The summed E-state index contributed by atoms with van der Waals surface area (Å²) in [6.45, 7) is 2.93. The summed E-state index contributed by atoms with van der Waals surface area (Å²) in [4.78, 5) is 4.00. The molecule has 0 amide bonds. The van der Waals surface area contributed by atoms with Crippen molar-refractivity contribution in [2.75, 3.05) is 6.54 Å². The van der Waals surface area contributed by atoms with E-state index in [0.717, 1.165) is 31.6 Å². The summed E-state index contributed by atoms with van der Waals surface area (Å²) < 4.78 is 37.5. The van der Waals surface area contributed by atoms with Gasteiger partial charge in [-0.15, -0.1) is 0 Å². The number of alkyl halides is 3. The van der Waals surface area contributed by atoms with Crippen LogP contribution in [0.15, 0.2) is 18.3 Å². The van der Waals surface area contributed by atoms with E-state index >= 15 is 0 Å². The van der Waals surface area contributed by atoms with E-state index in [2.05, 4.69) is 17.2 Å². The summed E-state index contributed by atoms with van der Waals surface area (Å²) in [6, 6.07) is 2.70. The van der Waals surface area contributed by atoms with Gasteiger partial charge in [-0.1, -0.05) is 19.8 Å². The van der Waals surface area contributed by atoms with Crippen molar-refractivity contribution in [1.29, 1.82) is 0 Å². The Morgan fingerprint density at radius 2 is 2.11 bits per heavy atom.